The van der Waals surface area contributed by atoms with E-state index in [2.05, 4.69) is 46.6 Å². The largest absolute Gasteiger partial charge is 0.376 e. The van der Waals surface area contributed by atoms with Crippen molar-refractivity contribution in [3.05, 3.63) is 35.9 Å². The summed E-state index contributed by atoms with van der Waals surface area (Å²) in [6.45, 7) is 7.88. The van der Waals surface area contributed by atoms with Crippen LogP contribution in [0.15, 0.2) is 35.3 Å². The number of aliphatic imine (C=N–C) groups is 1. The summed E-state index contributed by atoms with van der Waals surface area (Å²) in [7, 11) is 3.92. The summed E-state index contributed by atoms with van der Waals surface area (Å²) in [4.78, 5) is 6.57. The summed E-state index contributed by atoms with van der Waals surface area (Å²) in [5, 5.41) is 6.70. The van der Waals surface area contributed by atoms with Gasteiger partial charge in [0.2, 0.25) is 0 Å². The van der Waals surface area contributed by atoms with Crippen LogP contribution in [-0.4, -0.2) is 70.5 Å². The molecule has 0 amide bonds. The summed E-state index contributed by atoms with van der Waals surface area (Å²) in [6, 6.07) is 10.3. The number of benzene rings is 1. The molecule has 1 heterocycles. The third-order valence-corrected chi connectivity index (χ3v) is 4.19. The number of ether oxygens (including phenoxy) is 2. The van der Waals surface area contributed by atoms with Crippen LogP contribution in [-0.2, 0) is 16.1 Å². The lowest BCUT2D eigenvalue weighted by Gasteiger charge is -2.30. The fraction of sp³-hybridized carbons (Fsp3) is 0.632. The quantitative estimate of drug-likeness (QED) is 0.548. The number of morpholine rings is 1. The molecule has 2 N–H and O–H groups in total. The number of guanidine groups is 1. The molecule has 140 valence electrons. The van der Waals surface area contributed by atoms with Crippen LogP contribution < -0.4 is 10.6 Å². The zero-order valence-electron chi connectivity index (χ0n) is 15.7. The average molecular weight is 348 g/mol. The van der Waals surface area contributed by atoms with Crippen LogP contribution in [0.1, 0.15) is 12.5 Å². The number of hydrogen-bond acceptors (Lipinski definition) is 4. The highest BCUT2D eigenvalue weighted by molar-refractivity contribution is 5.79. The summed E-state index contributed by atoms with van der Waals surface area (Å²) >= 11 is 0. The second kappa shape index (κ2) is 11.1. The van der Waals surface area contributed by atoms with Crippen LogP contribution >= 0.6 is 0 Å². The van der Waals surface area contributed by atoms with E-state index in [4.69, 9.17) is 9.47 Å². The van der Waals surface area contributed by atoms with E-state index in [1.165, 1.54) is 5.56 Å². The molecule has 25 heavy (non-hydrogen) atoms. The van der Waals surface area contributed by atoms with E-state index in [1.54, 1.807) is 7.05 Å². The number of hydrogen-bond donors (Lipinski definition) is 2. The minimum atomic E-state index is 0.212. The van der Waals surface area contributed by atoms with Crippen LogP contribution in [0.4, 0.5) is 0 Å². The molecular formula is C19H32N4O2. The van der Waals surface area contributed by atoms with Crippen molar-refractivity contribution in [2.45, 2.75) is 19.6 Å². The predicted octanol–water partition coefficient (Wildman–Crippen LogP) is 1.33. The Bertz CT molecular complexity index is 509. The van der Waals surface area contributed by atoms with E-state index in [-0.39, 0.29) is 6.10 Å². The molecule has 6 heteroatoms. The van der Waals surface area contributed by atoms with Gasteiger partial charge in [0.05, 0.1) is 25.9 Å². The summed E-state index contributed by atoms with van der Waals surface area (Å²) in [6.07, 6.45) is 0.212. The van der Waals surface area contributed by atoms with E-state index >= 15 is 0 Å². The second-order valence-electron chi connectivity index (χ2n) is 6.69. The second-order valence-corrected chi connectivity index (χ2v) is 6.69. The highest BCUT2D eigenvalue weighted by Crippen LogP contribution is 2.03. The molecule has 1 saturated heterocycles. The highest BCUT2D eigenvalue weighted by Gasteiger charge is 2.17. The zero-order chi connectivity index (χ0) is 17.9. The number of nitrogens with one attached hydrogen (secondary N) is 2. The first kappa shape index (κ1) is 19.7. The maximum absolute atomic E-state index is 5.79. The Balaban J connectivity index is 1.59. The van der Waals surface area contributed by atoms with E-state index in [0.29, 0.717) is 12.5 Å². The molecule has 0 bridgehead atoms. The summed E-state index contributed by atoms with van der Waals surface area (Å²) < 4.78 is 11.5. The minimum Gasteiger partial charge on any atom is -0.376 e. The zero-order valence-corrected chi connectivity index (χ0v) is 15.7. The van der Waals surface area contributed by atoms with Gasteiger partial charge < -0.3 is 25.0 Å². The molecule has 0 radical (unpaired) electrons. The van der Waals surface area contributed by atoms with Gasteiger partial charge in [0, 0.05) is 33.2 Å². The van der Waals surface area contributed by atoms with E-state index in [0.717, 1.165) is 45.4 Å². The van der Waals surface area contributed by atoms with Gasteiger partial charge in [0.15, 0.2) is 5.96 Å². The van der Waals surface area contributed by atoms with Crippen molar-refractivity contribution in [1.29, 1.82) is 0 Å². The Morgan fingerprint density at radius 1 is 1.36 bits per heavy atom. The number of nitrogens with zero attached hydrogens (tertiary/aromatic N) is 2. The van der Waals surface area contributed by atoms with E-state index < -0.39 is 0 Å². The maximum Gasteiger partial charge on any atom is 0.191 e. The molecule has 1 fully saturated rings. The normalized spacial score (nSPS) is 20.3. The summed E-state index contributed by atoms with van der Waals surface area (Å²) in [5.41, 5.74) is 1.21. The van der Waals surface area contributed by atoms with Gasteiger partial charge in [0.25, 0.3) is 0 Å². The Kier molecular flexibility index (Phi) is 8.72. The first-order valence-corrected chi connectivity index (χ1v) is 9.03. The molecule has 1 aliphatic rings. The molecule has 0 aromatic heterocycles. The molecule has 2 atom stereocenters. The van der Waals surface area contributed by atoms with Crippen molar-refractivity contribution in [3.63, 3.8) is 0 Å². The third kappa shape index (κ3) is 7.86. The first-order chi connectivity index (χ1) is 12.2. The number of likely N-dealkylation sites (N-methyl/N-ethyl adjacent to an activating group) is 1. The molecule has 1 aliphatic heterocycles. The standard InChI is InChI=1S/C19H32N4O2/c1-16(14-24-15-17-7-5-4-6-8-17)11-21-19(20-2)22-12-18-13-23(3)9-10-25-18/h4-8,16,18H,9-15H2,1-3H3,(H2,20,21,22). The maximum atomic E-state index is 5.79. The van der Waals surface area contributed by atoms with Gasteiger partial charge in [-0.15, -0.1) is 0 Å². The monoisotopic (exact) mass is 348 g/mol. The molecule has 6 nitrogen and oxygen atoms in total. The van der Waals surface area contributed by atoms with Crippen molar-refractivity contribution in [2.24, 2.45) is 10.9 Å². The predicted molar refractivity (Wildman–Crippen MR) is 102 cm³/mol. The Morgan fingerprint density at radius 2 is 2.16 bits per heavy atom. The van der Waals surface area contributed by atoms with Gasteiger partial charge in [-0.2, -0.15) is 0 Å². The lowest BCUT2D eigenvalue weighted by Crippen LogP contribution is -2.48. The van der Waals surface area contributed by atoms with Crippen LogP contribution in [0.5, 0.6) is 0 Å². The fourth-order valence-electron chi connectivity index (χ4n) is 2.70. The molecule has 1 aromatic rings. The van der Waals surface area contributed by atoms with Crippen molar-refractivity contribution >= 4 is 5.96 Å². The van der Waals surface area contributed by atoms with Gasteiger partial charge in [-0.1, -0.05) is 37.3 Å². The Morgan fingerprint density at radius 3 is 2.88 bits per heavy atom. The fourth-order valence-corrected chi connectivity index (χ4v) is 2.70. The Hall–Kier alpha value is -1.63. The van der Waals surface area contributed by atoms with Gasteiger partial charge in [-0.05, 0) is 18.5 Å². The van der Waals surface area contributed by atoms with Gasteiger partial charge in [0.1, 0.15) is 0 Å². The van der Waals surface area contributed by atoms with Crippen LogP contribution in [0.3, 0.4) is 0 Å². The first-order valence-electron chi connectivity index (χ1n) is 9.03. The summed E-state index contributed by atoms with van der Waals surface area (Å²) in [5.74, 6) is 1.21. The van der Waals surface area contributed by atoms with Gasteiger partial charge >= 0.3 is 0 Å². The van der Waals surface area contributed by atoms with Gasteiger partial charge in [-0.25, -0.2) is 0 Å². The molecular weight excluding hydrogens is 316 g/mol. The van der Waals surface area contributed by atoms with Gasteiger partial charge in [-0.3, -0.25) is 4.99 Å². The van der Waals surface area contributed by atoms with Crippen molar-refractivity contribution in [1.82, 2.24) is 15.5 Å². The highest BCUT2D eigenvalue weighted by atomic mass is 16.5. The van der Waals surface area contributed by atoms with Crippen molar-refractivity contribution < 1.29 is 9.47 Å². The molecule has 1 aromatic carbocycles. The lowest BCUT2D eigenvalue weighted by molar-refractivity contribution is -0.0161. The van der Waals surface area contributed by atoms with Crippen molar-refractivity contribution in [3.8, 4) is 0 Å². The van der Waals surface area contributed by atoms with Crippen LogP contribution in [0.2, 0.25) is 0 Å². The Labute approximate surface area is 151 Å². The topological polar surface area (TPSA) is 58.1 Å². The SMILES string of the molecule is CN=C(NCC(C)COCc1ccccc1)NCC1CN(C)CCO1. The minimum absolute atomic E-state index is 0.212. The molecule has 0 saturated carbocycles. The molecule has 2 rings (SSSR count). The number of rotatable bonds is 8. The molecule has 0 aliphatic carbocycles. The average Bonchev–Trinajstić information content (AvgIpc) is 2.63. The van der Waals surface area contributed by atoms with E-state index in [1.807, 2.05) is 18.2 Å². The van der Waals surface area contributed by atoms with Crippen LogP contribution in [0, 0.1) is 5.92 Å². The van der Waals surface area contributed by atoms with Crippen molar-refractivity contribution in [2.75, 3.05) is 53.5 Å². The van der Waals surface area contributed by atoms with Crippen LogP contribution in [0.25, 0.3) is 0 Å². The third-order valence-electron chi connectivity index (χ3n) is 4.19. The molecule has 2 unspecified atom stereocenters. The lowest BCUT2D eigenvalue weighted by atomic mass is 10.2. The van der Waals surface area contributed by atoms with E-state index in [9.17, 15) is 0 Å². The smallest absolute Gasteiger partial charge is 0.191 e. The molecule has 0 spiro atoms.